The Kier molecular flexibility index (Phi) is 1.84. The molecule has 1 aromatic rings. The first kappa shape index (κ1) is 10.0. The van der Waals surface area contributed by atoms with Gasteiger partial charge in [0, 0.05) is 13.1 Å². The second-order valence-corrected chi connectivity index (χ2v) is 4.51. The third-order valence-corrected chi connectivity index (χ3v) is 3.88. The normalized spacial score (nSPS) is 34.6. The van der Waals surface area contributed by atoms with Crippen LogP contribution in [0.4, 0.5) is 8.78 Å². The smallest absolute Gasteiger partial charge is 0.264 e. The quantitative estimate of drug-likeness (QED) is 0.828. The molecule has 0 radical (unpaired) electrons. The summed E-state index contributed by atoms with van der Waals surface area (Å²) in [7, 11) is 1.55. The van der Waals surface area contributed by atoms with Crippen LogP contribution >= 0.6 is 0 Å². The van der Waals surface area contributed by atoms with Crippen molar-refractivity contribution in [1.82, 2.24) is 5.32 Å². The summed E-state index contributed by atoms with van der Waals surface area (Å²) in [6.45, 7) is 0.766. The number of hydrogen-bond acceptors (Lipinski definition) is 2. The van der Waals surface area contributed by atoms with Crippen molar-refractivity contribution in [3.8, 4) is 5.75 Å². The standard InChI is InChI=1S/C12H13F2NO/c1-16-9-4-2-3-8(5-9)11-7-15-6-10(11)12(11,13)14/h2-5,10,15H,6-7H2,1H3. The summed E-state index contributed by atoms with van der Waals surface area (Å²) >= 11 is 0. The fraction of sp³-hybridized carbons (Fsp3) is 0.500. The molecular formula is C12H13F2NO. The number of ether oxygens (including phenoxy) is 1. The van der Waals surface area contributed by atoms with E-state index in [-0.39, 0.29) is 0 Å². The number of piperidine rings is 1. The molecule has 2 atom stereocenters. The Morgan fingerprint density at radius 3 is 2.88 bits per heavy atom. The van der Waals surface area contributed by atoms with Crippen LogP contribution < -0.4 is 10.1 Å². The van der Waals surface area contributed by atoms with Gasteiger partial charge in [-0.2, -0.15) is 0 Å². The van der Waals surface area contributed by atoms with Gasteiger partial charge in [-0.05, 0) is 17.7 Å². The van der Waals surface area contributed by atoms with Gasteiger partial charge in [-0.3, -0.25) is 0 Å². The van der Waals surface area contributed by atoms with Crippen molar-refractivity contribution in [1.29, 1.82) is 0 Å². The number of methoxy groups -OCH3 is 1. The van der Waals surface area contributed by atoms with Crippen LogP contribution in [0.3, 0.4) is 0 Å². The molecule has 1 saturated carbocycles. The van der Waals surface area contributed by atoms with Crippen molar-refractivity contribution in [2.45, 2.75) is 11.3 Å². The van der Waals surface area contributed by atoms with Gasteiger partial charge in [0.25, 0.3) is 5.92 Å². The molecule has 1 aliphatic heterocycles. The van der Waals surface area contributed by atoms with Crippen LogP contribution in [0.25, 0.3) is 0 Å². The second kappa shape index (κ2) is 2.94. The molecule has 2 nitrogen and oxygen atoms in total. The van der Waals surface area contributed by atoms with E-state index in [2.05, 4.69) is 5.32 Å². The van der Waals surface area contributed by atoms with Gasteiger partial charge >= 0.3 is 0 Å². The molecule has 4 heteroatoms. The third kappa shape index (κ3) is 0.981. The Hall–Kier alpha value is -1.16. The molecule has 1 saturated heterocycles. The third-order valence-electron chi connectivity index (χ3n) is 3.88. The number of fused-ring (bicyclic) bond motifs is 1. The highest BCUT2D eigenvalue weighted by atomic mass is 19.3. The summed E-state index contributed by atoms with van der Waals surface area (Å²) in [4.78, 5) is 0. The van der Waals surface area contributed by atoms with E-state index in [0.29, 0.717) is 24.4 Å². The van der Waals surface area contributed by atoms with Crippen LogP contribution in [0.5, 0.6) is 5.75 Å². The zero-order valence-electron chi connectivity index (χ0n) is 8.97. The monoisotopic (exact) mass is 225 g/mol. The molecule has 0 bridgehead atoms. The highest BCUT2D eigenvalue weighted by molar-refractivity contribution is 5.47. The summed E-state index contributed by atoms with van der Waals surface area (Å²) < 4.78 is 32.6. The largest absolute Gasteiger partial charge is 0.497 e. The Morgan fingerprint density at radius 2 is 2.25 bits per heavy atom. The Balaban J connectivity index is 2.04. The minimum Gasteiger partial charge on any atom is -0.497 e. The Labute approximate surface area is 92.6 Å². The fourth-order valence-electron chi connectivity index (χ4n) is 2.89. The molecule has 2 fully saturated rings. The minimum atomic E-state index is -2.56. The SMILES string of the molecule is COc1cccc(C23CNCC2C3(F)F)c1. The van der Waals surface area contributed by atoms with Gasteiger partial charge in [-0.15, -0.1) is 0 Å². The lowest BCUT2D eigenvalue weighted by atomic mass is 9.94. The lowest BCUT2D eigenvalue weighted by Crippen LogP contribution is -2.28. The number of rotatable bonds is 2. The van der Waals surface area contributed by atoms with Crippen molar-refractivity contribution in [2.24, 2.45) is 5.92 Å². The van der Waals surface area contributed by atoms with Crippen LogP contribution in [0.1, 0.15) is 5.56 Å². The van der Waals surface area contributed by atoms with E-state index in [1.54, 1.807) is 31.4 Å². The maximum atomic E-state index is 13.7. The molecule has 16 heavy (non-hydrogen) atoms. The summed E-state index contributed by atoms with van der Waals surface area (Å²) in [6, 6.07) is 7.04. The molecule has 2 unspecified atom stereocenters. The summed E-state index contributed by atoms with van der Waals surface area (Å²) in [5.41, 5.74) is -0.298. The van der Waals surface area contributed by atoms with E-state index in [4.69, 9.17) is 4.74 Å². The number of halogens is 2. The number of alkyl halides is 2. The lowest BCUT2D eigenvalue weighted by molar-refractivity contribution is 0.0676. The molecule has 1 aromatic carbocycles. The number of hydrogen-bond donors (Lipinski definition) is 1. The van der Waals surface area contributed by atoms with E-state index in [1.165, 1.54) is 0 Å². The van der Waals surface area contributed by atoms with E-state index in [0.717, 1.165) is 0 Å². The maximum Gasteiger partial charge on any atom is 0.264 e. The van der Waals surface area contributed by atoms with Crippen molar-refractivity contribution in [3.63, 3.8) is 0 Å². The highest BCUT2D eigenvalue weighted by Crippen LogP contribution is 2.68. The van der Waals surface area contributed by atoms with Gasteiger partial charge in [0.15, 0.2) is 0 Å². The van der Waals surface area contributed by atoms with E-state index >= 15 is 0 Å². The fourth-order valence-corrected chi connectivity index (χ4v) is 2.89. The van der Waals surface area contributed by atoms with Gasteiger partial charge in [0.1, 0.15) is 5.75 Å². The van der Waals surface area contributed by atoms with Gasteiger partial charge in [-0.25, -0.2) is 8.78 Å². The number of benzene rings is 1. The van der Waals surface area contributed by atoms with E-state index in [1.807, 2.05) is 0 Å². The average molecular weight is 225 g/mol. The van der Waals surface area contributed by atoms with Crippen LogP contribution in [-0.2, 0) is 5.41 Å². The van der Waals surface area contributed by atoms with Crippen LogP contribution in [0, 0.1) is 5.92 Å². The zero-order chi connectivity index (χ0) is 11.4. The van der Waals surface area contributed by atoms with Gasteiger partial charge < -0.3 is 10.1 Å². The van der Waals surface area contributed by atoms with Crippen molar-refractivity contribution in [2.75, 3.05) is 20.2 Å². The Morgan fingerprint density at radius 1 is 1.44 bits per heavy atom. The van der Waals surface area contributed by atoms with Gasteiger partial charge in [-0.1, -0.05) is 12.1 Å². The molecule has 1 N–H and O–H groups in total. The lowest BCUT2D eigenvalue weighted by Gasteiger charge is -2.15. The van der Waals surface area contributed by atoms with E-state index < -0.39 is 17.3 Å². The predicted octanol–water partition coefficient (Wildman–Crippen LogP) is 1.80. The predicted molar refractivity (Wildman–Crippen MR) is 56.0 cm³/mol. The van der Waals surface area contributed by atoms with Gasteiger partial charge in [0.2, 0.25) is 0 Å². The molecule has 0 spiro atoms. The molecule has 0 amide bonds. The molecular weight excluding hydrogens is 212 g/mol. The molecule has 2 aliphatic rings. The first-order valence-electron chi connectivity index (χ1n) is 5.36. The summed E-state index contributed by atoms with van der Waals surface area (Å²) in [6.07, 6.45) is 0. The second-order valence-electron chi connectivity index (χ2n) is 4.51. The van der Waals surface area contributed by atoms with Crippen LogP contribution in [0.15, 0.2) is 24.3 Å². The van der Waals surface area contributed by atoms with Crippen LogP contribution in [-0.4, -0.2) is 26.1 Å². The molecule has 86 valence electrons. The van der Waals surface area contributed by atoms with Crippen molar-refractivity contribution >= 4 is 0 Å². The first-order chi connectivity index (χ1) is 7.63. The molecule has 1 heterocycles. The topological polar surface area (TPSA) is 21.3 Å². The highest BCUT2D eigenvalue weighted by Gasteiger charge is 2.82. The molecule has 1 aliphatic carbocycles. The first-order valence-corrected chi connectivity index (χ1v) is 5.36. The van der Waals surface area contributed by atoms with Gasteiger partial charge in [0.05, 0.1) is 18.4 Å². The van der Waals surface area contributed by atoms with Crippen molar-refractivity contribution in [3.05, 3.63) is 29.8 Å². The average Bonchev–Trinajstić information content (AvgIpc) is 2.70. The van der Waals surface area contributed by atoms with Crippen LogP contribution in [0.2, 0.25) is 0 Å². The Bertz CT molecular complexity index is 435. The zero-order valence-corrected chi connectivity index (χ0v) is 8.97. The summed E-state index contributed by atoms with van der Waals surface area (Å²) in [5, 5.41) is 3.03. The molecule has 3 rings (SSSR count). The summed E-state index contributed by atoms with van der Waals surface area (Å²) in [5.74, 6) is -2.47. The van der Waals surface area contributed by atoms with Crippen molar-refractivity contribution < 1.29 is 13.5 Å². The maximum absolute atomic E-state index is 13.7. The molecule has 0 aromatic heterocycles. The number of nitrogens with one attached hydrogen (secondary N) is 1. The minimum absolute atomic E-state index is 0.359. The van der Waals surface area contributed by atoms with E-state index in [9.17, 15) is 8.78 Å².